The molecule has 0 unspecified atom stereocenters. The number of nitrogens with zero attached hydrogens (tertiary/aromatic N) is 4. The third-order valence-electron chi connectivity index (χ3n) is 9.29. The van der Waals surface area contributed by atoms with Crippen LogP contribution in [0.5, 0.6) is 5.88 Å². The number of carbonyl (C=O) groups excluding carboxylic acids is 2. The van der Waals surface area contributed by atoms with E-state index in [-0.39, 0.29) is 30.0 Å². The van der Waals surface area contributed by atoms with E-state index in [9.17, 15) is 14.4 Å². The zero-order chi connectivity index (χ0) is 36.2. The van der Waals surface area contributed by atoms with Gasteiger partial charge in [0, 0.05) is 79.4 Å². The summed E-state index contributed by atoms with van der Waals surface area (Å²) in [4.78, 5) is 48.1. The van der Waals surface area contributed by atoms with Gasteiger partial charge in [-0.25, -0.2) is 9.97 Å². The summed E-state index contributed by atoms with van der Waals surface area (Å²) in [6.07, 6.45) is 4.63. The summed E-state index contributed by atoms with van der Waals surface area (Å²) in [5.41, 5.74) is 6.01. The second-order valence-electron chi connectivity index (χ2n) is 12.6. The van der Waals surface area contributed by atoms with Crippen molar-refractivity contribution in [2.24, 2.45) is 0 Å². The van der Waals surface area contributed by atoms with Gasteiger partial charge in [0.25, 0.3) is 5.56 Å². The van der Waals surface area contributed by atoms with Gasteiger partial charge in [0.2, 0.25) is 17.7 Å². The number of methoxy groups -OCH3 is 1. The minimum atomic E-state index is -0.409. The number of rotatable bonds is 12. The van der Waals surface area contributed by atoms with Crippen LogP contribution in [-0.2, 0) is 22.7 Å². The number of ether oxygens (including phenoxy) is 1. The summed E-state index contributed by atoms with van der Waals surface area (Å²) in [5, 5.41) is 9.97. The van der Waals surface area contributed by atoms with E-state index in [0.717, 1.165) is 39.8 Å². The summed E-state index contributed by atoms with van der Waals surface area (Å²) in [6.45, 7) is 3.25. The highest BCUT2D eigenvalue weighted by atomic mass is 35.5. The van der Waals surface area contributed by atoms with Crippen molar-refractivity contribution in [3.63, 3.8) is 0 Å². The Labute approximate surface area is 306 Å². The van der Waals surface area contributed by atoms with Crippen molar-refractivity contribution in [2.45, 2.75) is 44.9 Å². The third kappa shape index (κ3) is 7.62. The Balaban J connectivity index is 1.25. The predicted molar refractivity (Wildman–Crippen MR) is 200 cm³/mol. The highest BCUT2D eigenvalue weighted by Gasteiger charge is 2.22. The molecule has 13 heteroatoms. The largest absolute Gasteiger partial charge is 0.481 e. The fourth-order valence-corrected chi connectivity index (χ4v) is 6.91. The van der Waals surface area contributed by atoms with Gasteiger partial charge in [0.1, 0.15) is 5.65 Å². The number of nitrogens with one attached hydrogen (secondary N) is 3. The van der Waals surface area contributed by atoms with E-state index in [0.29, 0.717) is 52.3 Å². The van der Waals surface area contributed by atoms with Crippen LogP contribution in [0.3, 0.4) is 0 Å². The Hall–Kier alpha value is -4.81. The Morgan fingerprint density at radius 2 is 1.75 bits per heavy atom. The van der Waals surface area contributed by atoms with Crippen molar-refractivity contribution >= 4 is 40.7 Å². The average Bonchev–Trinajstić information content (AvgIpc) is 3.56. The van der Waals surface area contributed by atoms with Crippen LogP contribution in [0.4, 0.5) is 0 Å². The maximum atomic E-state index is 13.4. The molecule has 0 spiro atoms. The Morgan fingerprint density at radius 3 is 2.43 bits per heavy atom. The first-order valence-corrected chi connectivity index (χ1v) is 17.4. The number of hydrogen-bond donors (Lipinski definition) is 3. The van der Waals surface area contributed by atoms with Gasteiger partial charge in [-0.3, -0.25) is 23.7 Å². The van der Waals surface area contributed by atoms with Crippen molar-refractivity contribution < 1.29 is 14.3 Å². The molecule has 0 saturated carbocycles. The van der Waals surface area contributed by atoms with E-state index < -0.39 is 6.04 Å². The third-order valence-corrected chi connectivity index (χ3v) is 10.1. The molecule has 0 bridgehead atoms. The molecule has 4 heterocycles. The Kier molecular flexibility index (Phi) is 11.0. The fourth-order valence-electron chi connectivity index (χ4n) is 6.25. The Bertz CT molecular complexity index is 2170. The number of benzene rings is 2. The summed E-state index contributed by atoms with van der Waals surface area (Å²) < 4.78 is 7.13. The molecule has 2 aromatic carbocycles. The molecule has 1 aliphatic rings. The lowest BCUT2D eigenvalue weighted by atomic mass is 9.97. The number of fused-ring (bicyclic) bond motifs is 1. The Morgan fingerprint density at radius 1 is 1.04 bits per heavy atom. The molecule has 3 N–H and O–H groups in total. The number of aromatic nitrogens is 3. The van der Waals surface area contributed by atoms with Crippen molar-refractivity contribution in [3.05, 3.63) is 105 Å². The van der Waals surface area contributed by atoms with Crippen LogP contribution < -0.4 is 26.2 Å². The van der Waals surface area contributed by atoms with Gasteiger partial charge >= 0.3 is 0 Å². The quantitative estimate of drug-likeness (QED) is 0.157. The predicted octanol–water partition coefficient (Wildman–Crippen LogP) is 5.34. The van der Waals surface area contributed by atoms with Crippen LogP contribution in [0, 0.1) is 0 Å². The number of hydrogen-bond acceptors (Lipinski definition) is 8. The second-order valence-corrected chi connectivity index (χ2v) is 13.3. The summed E-state index contributed by atoms with van der Waals surface area (Å²) in [7, 11) is 4.96. The summed E-state index contributed by atoms with van der Waals surface area (Å²) in [6, 6.07) is 18.7. The minimum absolute atomic E-state index is 0.0897. The molecule has 5 aromatic rings. The number of amides is 2. The molecule has 1 aliphatic heterocycles. The van der Waals surface area contributed by atoms with Gasteiger partial charge in [0.15, 0.2) is 0 Å². The van der Waals surface area contributed by atoms with Crippen LogP contribution in [-0.4, -0.2) is 70.9 Å². The number of carbonyl (C=O) groups is 2. The molecule has 0 aliphatic carbocycles. The van der Waals surface area contributed by atoms with Gasteiger partial charge in [-0.05, 0) is 44.2 Å². The lowest BCUT2D eigenvalue weighted by molar-refractivity contribution is -0.125. The lowest BCUT2D eigenvalue weighted by Crippen LogP contribution is -2.42. The van der Waals surface area contributed by atoms with Crippen molar-refractivity contribution in [2.75, 3.05) is 27.7 Å². The maximum absolute atomic E-state index is 13.4. The SMILES string of the molecule is CNC(=O)[C@@H](C)N(C)Cc1cnc2cc(-c3cccc(-c4cccc(-c5ccc(CNC[C@@H]6CCC(=O)N6)c(OC)n5)c4Cl)c3Cl)ccn2c1=O. The molecule has 6 rings (SSSR count). The lowest BCUT2D eigenvalue weighted by Gasteiger charge is -2.22. The molecule has 2 atom stereocenters. The molecule has 1 fully saturated rings. The second kappa shape index (κ2) is 15.6. The average molecular weight is 729 g/mol. The minimum Gasteiger partial charge on any atom is -0.481 e. The molecule has 11 nitrogen and oxygen atoms in total. The topological polar surface area (TPSA) is 130 Å². The van der Waals surface area contributed by atoms with E-state index in [1.807, 2.05) is 60.7 Å². The molecular formula is C38H39Cl2N7O4. The smallest absolute Gasteiger partial charge is 0.262 e. The molecule has 2 amide bonds. The molecule has 3 aromatic heterocycles. The molecule has 0 radical (unpaired) electrons. The van der Waals surface area contributed by atoms with E-state index in [1.54, 1.807) is 45.4 Å². The number of pyridine rings is 2. The van der Waals surface area contributed by atoms with Crippen LogP contribution in [0.1, 0.15) is 30.9 Å². The first kappa shape index (κ1) is 36.0. The maximum Gasteiger partial charge on any atom is 0.262 e. The molecule has 264 valence electrons. The fraction of sp³-hybridized carbons (Fsp3) is 0.289. The summed E-state index contributed by atoms with van der Waals surface area (Å²) >= 11 is 14.2. The molecule has 1 saturated heterocycles. The van der Waals surface area contributed by atoms with Gasteiger partial charge in [0.05, 0.1) is 34.5 Å². The van der Waals surface area contributed by atoms with Crippen molar-refractivity contribution in [1.82, 2.24) is 35.2 Å². The number of halogens is 2. The van der Waals surface area contributed by atoms with Crippen LogP contribution >= 0.6 is 23.2 Å². The first-order chi connectivity index (χ1) is 24.6. The van der Waals surface area contributed by atoms with Crippen LogP contribution in [0.2, 0.25) is 10.0 Å². The van der Waals surface area contributed by atoms with Crippen LogP contribution in [0.15, 0.2) is 77.9 Å². The molecular weight excluding hydrogens is 689 g/mol. The van der Waals surface area contributed by atoms with Gasteiger partial charge in [-0.15, -0.1) is 0 Å². The van der Waals surface area contributed by atoms with Gasteiger partial charge in [-0.2, -0.15) is 0 Å². The van der Waals surface area contributed by atoms with E-state index in [1.165, 1.54) is 4.40 Å². The summed E-state index contributed by atoms with van der Waals surface area (Å²) in [5.74, 6) is 0.442. The zero-order valence-corrected chi connectivity index (χ0v) is 30.3. The number of likely N-dealkylation sites (N-methyl/N-ethyl adjacent to an activating group) is 2. The standard InChI is InChI=1S/C38H39Cl2N7O4/c1-22(36(49)41-2)46(3)21-25-19-43-32-17-23(15-16-47(32)38(25)50)27-7-5-8-28(34(27)39)29-9-6-10-30(35(29)40)31-13-11-24(37(45-31)51-4)18-42-20-26-12-14-33(48)44-26/h5-11,13,15-17,19,22,26,42H,12,14,18,20-21H2,1-4H3,(H,41,49)(H,44,48)/t22-,26+/m1/s1. The zero-order valence-electron chi connectivity index (χ0n) is 28.8. The first-order valence-electron chi connectivity index (χ1n) is 16.6. The van der Waals surface area contributed by atoms with Crippen molar-refractivity contribution in [3.8, 4) is 39.4 Å². The van der Waals surface area contributed by atoms with Gasteiger partial charge < -0.3 is 20.7 Å². The van der Waals surface area contributed by atoms with Crippen LogP contribution in [0.25, 0.3) is 39.2 Å². The highest BCUT2D eigenvalue weighted by Crippen LogP contribution is 2.42. The monoisotopic (exact) mass is 727 g/mol. The van der Waals surface area contributed by atoms with E-state index in [4.69, 9.17) is 32.9 Å². The van der Waals surface area contributed by atoms with Gasteiger partial charge in [-0.1, -0.05) is 65.7 Å². The van der Waals surface area contributed by atoms with Crippen molar-refractivity contribution in [1.29, 1.82) is 0 Å². The normalized spacial score (nSPS) is 14.9. The molecule has 51 heavy (non-hydrogen) atoms. The van der Waals surface area contributed by atoms with E-state index >= 15 is 0 Å². The van der Waals surface area contributed by atoms with E-state index in [2.05, 4.69) is 20.9 Å². The highest BCUT2D eigenvalue weighted by molar-refractivity contribution is 6.39.